The summed E-state index contributed by atoms with van der Waals surface area (Å²) >= 11 is -2.37. The number of carbonyl (C=O) groups is 1. The molecular formula is C11H18N2O4S. The van der Waals surface area contributed by atoms with Crippen molar-refractivity contribution in [2.75, 3.05) is 0 Å². The van der Waals surface area contributed by atoms with Gasteiger partial charge < -0.3 is 10.6 Å². The number of hydrogen-bond acceptors (Lipinski definition) is 4. The van der Waals surface area contributed by atoms with Gasteiger partial charge in [0.15, 0.2) is 5.72 Å². The van der Waals surface area contributed by atoms with Gasteiger partial charge in [0, 0.05) is 19.3 Å². The molecule has 1 amide bonds. The van der Waals surface area contributed by atoms with Gasteiger partial charge in [-0.05, 0) is 26.0 Å². The molecule has 0 spiro atoms. The lowest BCUT2D eigenvalue weighted by atomic mass is 10.3. The van der Waals surface area contributed by atoms with Crippen LogP contribution in [0.3, 0.4) is 0 Å². The summed E-state index contributed by atoms with van der Waals surface area (Å²) in [6.45, 7) is 4.25. The van der Waals surface area contributed by atoms with Crippen molar-refractivity contribution < 1.29 is 17.7 Å². The normalized spacial score (nSPS) is 14.9. The molecule has 1 aliphatic heterocycles. The summed E-state index contributed by atoms with van der Waals surface area (Å²) in [6.07, 6.45) is 11.6. The average molecular weight is 274 g/mol. The SMILES string of the molecule is C1=CC=CNC=C1.CC(=O)NC(C)(C)OS(=O)O. The minimum Gasteiger partial charge on any atom is -0.368 e. The molecule has 7 heteroatoms. The van der Waals surface area contributed by atoms with Crippen LogP contribution in [0.15, 0.2) is 36.7 Å². The second-order valence-corrected chi connectivity index (χ2v) is 4.36. The molecule has 0 aliphatic carbocycles. The van der Waals surface area contributed by atoms with Crippen LogP contribution in [0.1, 0.15) is 20.8 Å². The highest BCUT2D eigenvalue weighted by molar-refractivity contribution is 7.74. The van der Waals surface area contributed by atoms with Gasteiger partial charge in [-0.25, -0.2) is 4.18 Å². The Morgan fingerprint density at radius 3 is 2.17 bits per heavy atom. The maximum absolute atomic E-state index is 10.5. The first-order valence-electron chi connectivity index (χ1n) is 5.17. The molecule has 1 unspecified atom stereocenters. The van der Waals surface area contributed by atoms with Crippen LogP contribution in [0.2, 0.25) is 0 Å². The Kier molecular flexibility index (Phi) is 7.93. The molecule has 102 valence electrons. The van der Waals surface area contributed by atoms with Gasteiger partial charge in [0.2, 0.25) is 5.91 Å². The molecule has 0 aromatic carbocycles. The van der Waals surface area contributed by atoms with Crippen LogP contribution in [0.25, 0.3) is 0 Å². The van der Waals surface area contributed by atoms with Crippen molar-refractivity contribution in [3.8, 4) is 0 Å². The standard InChI is InChI=1S/C6H7N.C5H11NO4S/c1-2-4-6-7-5-3-1;1-4(7)6-5(2,3)10-11(8)9/h1-7H;1-3H3,(H,6,7)(H,8,9). The predicted molar refractivity (Wildman–Crippen MR) is 70.3 cm³/mol. The highest BCUT2D eigenvalue weighted by Crippen LogP contribution is 2.05. The Balaban J connectivity index is 0.000000351. The van der Waals surface area contributed by atoms with Crippen LogP contribution in [0.5, 0.6) is 0 Å². The highest BCUT2D eigenvalue weighted by Gasteiger charge is 2.21. The van der Waals surface area contributed by atoms with Gasteiger partial charge in [0.1, 0.15) is 0 Å². The summed E-state index contributed by atoms with van der Waals surface area (Å²) in [6, 6.07) is 0. The molecule has 1 atom stereocenters. The van der Waals surface area contributed by atoms with Crippen molar-refractivity contribution in [1.82, 2.24) is 10.6 Å². The van der Waals surface area contributed by atoms with Gasteiger partial charge in [-0.2, -0.15) is 4.21 Å². The van der Waals surface area contributed by atoms with E-state index in [1.165, 1.54) is 20.8 Å². The predicted octanol–water partition coefficient (Wildman–Crippen LogP) is 1.19. The van der Waals surface area contributed by atoms with E-state index in [9.17, 15) is 9.00 Å². The zero-order valence-electron chi connectivity index (χ0n) is 10.5. The van der Waals surface area contributed by atoms with Crippen molar-refractivity contribution in [3.63, 3.8) is 0 Å². The largest absolute Gasteiger partial charge is 0.368 e. The van der Waals surface area contributed by atoms with Crippen LogP contribution in [-0.4, -0.2) is 20.4 Å². The Hall–Kier alpha value is -1.44. The van der Waals surface area contributed by atoms with Crippen molar-refractivity contribution in [3.05, 3.63) is 36.7 Å². The fourth-order valence-electron chi connectivity index (χ4n) is 1.03. The minimum absolute atomic E-state index is 0.319. The van der Waals surface area contributed by atoms with Crippen molar-refractivity contribution in [1.29, 1.82) is 0 Å². The first-order valence-corrected chi connectivity index (χ1v) is 6.20. The van der Waals surface area contributed by atoms with E-state index in [0.29, 0.717) is 0 Å². The molecule has 1 heterocycles. The number of allylic oxidation sites excluding steroid dienone is 4. The van der Waals surface area contributed by atoms with Gasteiger partial charge in [0.25, 0.3) is 0 Å². The number of rotatable bonds is 3. The first-order chi connectivity index (χ1) is 8.33. The van der Waals surface area contributed by atoms with Crippen molar-refractivity contribution in [2.24, 2.45) is 0 Å². The summed E-state index contributed by atoms with van der Waals surface area (Å²) in [7, 11) is 0. The lowest BCUT2D eigenvalue weighted by molar-refractivity contribution is -0.123. The topological polar surface area (TPSA) is 87.7 Å². The number of hydrogen-bond donors (Lipinski definition) is 3. The minimum atomic E-state index is -2.37. The van der Waals surface area contributed by atoms with E-state index in [1.54, 1.807) is 0 Å². The molecule has 3 N–H and O–H groups in total. The maximum atomic E-state index is 10.5. The molecule has 6 nitrogen and oxygen atoms in total. The molecule has 0 bridgehead atoms. The summed E-state index contributed by atoms with van der Waals surface area (Å²) in [4.78, 5) is 10.5. The van der Waals surface area contributed by atoms with E-state index in [2.05, 4.69) is 14.8 Å². The molecule has 1 rings (SSSR count). The Bertz CT molecular complexity index is 343. The Labute approximate surface area is 109 Å². The summed E-state index contributed by atoms with van der Waals surface area (Å²) < 4.78 is 22.9. The van der Waals surface area contributed by atoms with Crippen LogP contribution in [0.4, 0.5) is 0 Å². The van der Waals surface area contributed by atoms with Gasteiger partial charge in [-0.3, -0.25) is 9.35 Å². The van der Waals surface area contributed by atoms with Crippen molar-refractivity contribution >= 4 is 17.3 Å². The number of amides is 1. The molecule has 0 aromatic rings. The zero-order chi connectivity index (χ0) is 14.0. The zero-order valence-corrected chi connectivity index (χ0v) is 11.4. The van der Waals surface area contributed by atoms with Crippen molar-refractivity contribution in [2.45, 2.75) is 26.5 Å². The second-order valence-electron chi connectivity index (χ2n) is 3.76. The molecule has 0 saturated heterocycles. The molecule has 0 fully saturated rings. The van der Waals surface area contributed by atoms with E-state index in [-0.39, 0.29) is 5.91 Å². The quantitative estimate of drug-likeness (QED) is 0.531. The third-order valence-corrected chi connectivity index (χ3v) is 2.03. The van der Waals surface area contributed by atoms with Crippen LogP contribution in [-0.2, 0) is 20.3 Å². The van der Waals surface area contributed by atoms with E-state index in [0.717, 1.165) is 0 Å². The summed E-state index contributed by atoms with van der Waals surface area (Å²) in [5, 5.41) is 5.26. The average Bonchev–Trinajstić information content (AvgIpc) is 2.44. The molecule has 0 saturated carbocycles. The van der Waals surface area contributed by atoms with Gasteiger partial charge >= 0.3 is 11.4 Å². The molecule has 0 aromatic heterocycles. The molecule has 18 heavy (non-hydrogen) atoms. The van der Waals surface area contributed by atoms with E-state index < -0.39 is 17.1 Å². The Morgan fingerprint density at radius 2 is 1.78 bits per heavy atom. The third-order valence-electron chi connectivity index (χ3n) is 1.47. The first kappa shape index (κ1) is 16.6. The lowest BCUT2D eigenvalue weighted by Crippen LogP contribution is -2.44. The second kappa shape index (κ2) is 8.62. The number of carbonyl (C=O) groups excluding carboxylic acids is 1. The van der Waals surface area contributed by atoms with Crippen LogP contribution in [0, 0.1) is 0 Å². The third kappa shape index (κ3) is 11.1. The fraction of sp³-hybridized carbons (Fsp3) is 0.364. The fourth-order valence-corrected chi connectivity index (χ4v) is 1.43. The van der Waals surface area contributed by atoms with Gasteiger partial charge in [0.05, 0.1) is 0 Å². The van der Waals surface area contributed by atoms with Gasteiger partial charge in [-0.1, -0.05) is 12.2 Å². The molecule has 0 radical (unpaired) electrons. The van der Waals surface area contributed by atoms with E-state index in [1.807, 2.05) is 36.7 Å². The lowest BCUT2D eigenvalue weighted by Gasteiger charge is -2.22. The van der Waals surface area contributed by atoms with Gasteiger partial charge in [-0.15, -0.1) is 0 Å². The van der Waals surface area contributed by atoms with Crippen LogP contribution >= 0.6 is 0 Å². The highest BCUT2D eigenvalue weighted by atomic mass is 32.2. The molecular weight excluding hydrogens is 256 g/mol. The summed E-state index contributed by atoms with van der Waals surface area (Å²) in [5.74, 6) is -0.319. The maximum Gasteiger partial charge on any atom is 0.304 e. The van der Waals surface area contributed by atoms with E-state index in [4.69, 9.17) is 4.55 Å². The monoisotopic (exact) mass is 274 g/mol. The summed E-state index contributed by atoms with van der Waals surface area (Å²) in [5.41, 5.74) is -1.11. The smallest absolute Gasteiger partial charge is 0.304 e. The van der Waals surface area contributed by atoms with E-state index >= 15 is 0 Å². The van der Waals surface area contributed by atoms with Crippen LogP contribution < -0.4 is 10.6 Å². The Morgan fingerprint density at radius 1 is 1.28 bits per heavy atom. The number of nitrogens with one attached hydrogen (secondary N) is 2. The molecule has 1 aliphatic rings.